The molecule has 0 saturated carbocycles. The molecule has 33 heavy (non-hydrogen) atoms. The van der Waals surface area contributed by atoms with Crippen LogP contribution >= 0.6 is 0 Å². The van der Waals surface area contributed by atoms with Crippen molar-refractivity contribution in [3.05, 3.63) is 137 Å². The average Bonchev–Trinajstić information content (AvgIpc) is 2.80. The van der Waals surface area contributed by atoms with Crippen molar-refractivity contribution in [3.8, 4) is 0 Å². The Balaban J connectivity index is -0.000000233. The van der Waals surface area contributed by atoms with Gasteiger partial charge in [-0.05, 0) is 24.0 Å². The normalized spacial score (nSPS) is 9.18. The van der Waals surface area contributed by atoms with Crippen molar-refractivity contribution in [3.63, 3.8) is 0 Å². The van der Waals surface area contributed by atoms with Crippen molar-refractivity contribution in [2.75, 3.05) is 42.3 Å². The molecule has 0 heterocycles. The van der Waals surface area contributed by atoms with Crippen LogP contribution in [0.2, 0.25) is 0 Å². The summed E-state index contributed by atoms with van der Waals surface area (Å²) in [6, 6.07) is 21.0. The number of rotatable bonds is 6. The number of nitrogens with zero attached hydrogens (tertiary/aromatic N) is 3. The van der Waals surface area contributed by atoms with E-state index in [1.165, 1.54) is 17.2 Å². The van der Waals surface area contributed by atoms with Crippen LogP contribution in [0.15, 0.2) is 103 Å². The predicted octanol–water partition coefficient (Wildman–Crippen LogP) is 7.99. The first-order chi connectivity index (χ1) is 15.6. The number of allylic oxidation sites excluding steroid dienone is 7. The van der Waals surface area contributed by atoms with Crippen LogP contribution in [0.5, 0.6) is 0 Å². The fourth-order valence-electron chi connectivity index (χ4n) is 1.90. The molecule has 2 aromatic rings. The van der Waals surface area contributed by atoms with Gasteiger partial charge in [0, 0.05) is 0 Å². The Morgan fingerprint density at radius 1 is 0.606 bits per heavy atom. The van der Waals surface area contributed by atoms with Gasteiger partial charge in [-0.2, -0.15) is 48.4 Å². The molecule has 0 spiro atoms. The summed E-state index contributed by atoms with van der Waals surface area (Å²) < 4.78 is 0. The molecule has 0 aromatic heterocycles. The van der Waals surface area contributed by atoms with Gasteiger partial charge in [0.1, 0.15) is 0 Å². The number of hydrogen-bond acceptors (Lipinski definition) is 0. The fraction of sp³-hybridized carbons (Fsp3) is 0.310. The third kappa shape index (κ3) is 37.6. The van der Waals surface area contributed by atoms with Gasteiger partial charge in [0.2, 0.25) is 0 Å². The van der Waals surface area contributed by atoms with Crippen LogP contribution in [-0.2, 0) is 34.6 Å². The molecule has 4 heteroatoms. The Morgan fingerprint density at radius 3 is 1.12 bits per heavy atom. The first-order valence-electron chi connectivity index (χ1n) is 10.6. The standard InChI is InChI=1S/C18H18.C5H7.3C2H6N.Ti/c1(5-11-17-13-7-3-8-14-17)2-6-12-18-15-9-4-10-16-18;1-3-5-4-2;3*1-3-2;/h1-10,13-16H,11-12H2;1,3-5H,2H3;3*1-2H3;/q;4*-1;+4. The Kier molecular flexibility index (Phi) is 43.3. The molecule has 2 rings (SSSR count). The average molecular weight is 482 g/mol. The Labute approximate surface area is 220 Å². The van der Waals surface area contributed by atoms with Crippen molar-refractivity contribution in [1.29, 1.82) is 0 Å². The summed E-state index contributed by atoms with van der Waals surface area (Å²) in [6.07, 6.45) is 15.8. The minimum atomic E-state index is 0. The zero-order valence-electron chi connectivity index (χ0n) is 21.6. The zero-order valence-corrected chi connectivity index (χ0v) is 23.2. The maximum atomic E-state index is 4.93. The number of benzene rings is 2. The maximum Gasteiger partial charge on any atom is 4.00 e. The maximum absolute atomic E-state index is 4.93. The second kappa shape index (κ2) is 37.3. The first kappa shape index (κ1) is 38.3. The molecule has 0 bridgehead atoms. The third-order valence-electron chi connectivity index (χ3n) is 3.08. The second-order valence-corrected chi connectivity index (χ2v) is 6.30. The van der Waals surface area contributed by atoms with Gasteiger partial charge in [0.05, 0.1) is 0 Å². The van der Waals surface area contributed by atoms with E-state index in [0.717, 1.165) is 12.8 Å². The van der Waals surface area contributed by atoms with Crippen LogP contribution in [0.1, 0.15) is 18.1 Å². The van der Waals surface area contributed by atoms with E-state index in [1.54, 1.807) is 48.4 Å². The molecule has 0 saturated heterocycles. The zero-order chi connectivity index (χ0) is 24.7. The fourth-order valence-corrected chi connectivity index (χ4v) is 1.90. The van der Waals surface area contributed by atoms with Crippen molar-refractivity contribution < 1.29 is 21.7 Å². The van der Waals surface area contributed by atoms with Crippen LogP contribution in [-0.4, -0.2) is 42.3 Å². The van der Waals surface area contributed by atoms with Crippen LogP contribution in [0.4, 0.5) is 0 Å². The molecule has 0 radical (unpaired) electrons. The van der Waals surface area contributed by atoms with Gasteiger partial charge in [0.25, 0.3) is 0 Å². The van der Waals surface area contributed by atoms with Crippen molar-refractivity contribution in [2.45, 2.75) is 19.8 Å². The molecular formula is C29H43N3Ti. The van der Waals surface area contributed by atoms with E-state index >= 15 is 0 Å². The van der Waals surface area contributed by atoms with E-state index in [9.17, 15) is 0 Å². The van der Waals surface area contributed by atoms with E-state index in [2.05, 4.69) is 88.8 Å². The smallest absolute Gasteiger partial charge is 0.668 e. The molecule has 3 nitrogen and oxygen atoms in total. The van der Waals surface area contributed by atoms with Gasteiger partial charge in [-0.25, -0.2) is 12.2 Å². The van der Waals surface area contributed by atoms with Crippen molar-refractivity contribution in [1.82, 2.24) is 0 Å². The molecule has 0 aliphatic heterocycles. The van der Waals surface area contributed by atoms with Gasteiger partial charge in [0.15, 0.2) is 0 Å². The van der Waals surface area contributed by atoms with E-state index in [-0.39, 0.29) is 21.7 Å². The summed E-state index contributed by atoms with van der Waals surface area (Å²) in [4.78, 5) is 0. The topological polar surface area (TPSA) is 42.3 Å². The van der Waals surface area contributed by atoms with Gasteiger partial charge in [-0.15, -0.1) is 0 Å². The molecular weight excluding hydrogens is 438 g/mol. The Morgan fingerprint density at radius 2 is 0.909 bits per heavy atom. The van der Waals surface area contributed by atoms with Gasteiger partial charge >= 0.3 is 21.7 Å². The van der Waals surface area contributed by atoms with E-state index in [1.807, 2.05) is 25.1 Å². The Bertz CT molecular complexity index is 612. The molecule has 2 aromatic carbocycles. The summed E-state index contributed by atoms with van der Waals surface area (Å²) in [6.45, 7) is 6.85. The number of hydrogen-bond donors (Lipinski definition) is 0. The minimum Gasteiger partial charge on any atom is -0.668 e. The molecule has 0 unspecified atom stereocenters. The Hall–Kier alpha value is -2.01. The third-order valence-corrected chi connectivity index (χ3v) is 3.08. The van der Waals surface area contributed by atoms with Crippen LogP contribution < -0.4 is 0 Å². The van der Waals surface area contributed by atoms with E-state index in [4.69, 9.17) is 6.58 Å². The monoisotopic (exact) mass is 481 g/mol. The van der Waals surface area contributed by atoms with Crippen LogP contribution in [0.25, 0.3) is 16.0 Å². The summed E-state index contributed by atoms with van der Waals surface area (Å²) >= 11 is 0. The molecule has 0 atom stereocenters. The molecule has 0 amide bonds. The van der Waals surface area contributed by atoms with E-state index in [0.29, 0.717) is 0 Å². The molecule has 0 fully saturated rings. The van der Waals surface area contributed by atoms with Crippen LogP contribution in [0, 0.1) is 6.58 Å². The molecule has 0 aliphatic rings. The summed E-state index contributed by atoms with van der Waals surface area (Å²) in [7, 11) is 10.5. The largest absolute Gasteiger partial charge is 4.00 e. The SMILES string of the molecule is C(C=CCc1ccccc1)=CCc1ccccc1.C[N-]C.C[N-]C.C[N-]C.[CH-]=CC=CC.[Ti+4]. The predicted molar refractivity (Wildman–Crippen MR) is 148 cm³/mol. The minimum absolute atomic E-state index is 0. The van der Waals surface area contributed by atoms with Crippen molar-refractivity contribution in [2.24, 2.45) is 0 Å². The van der Waals surface area contributed by atoms with Gasteiger partial charge in [-0.3, -0.25) is 6.58 Å². The first-order valence-corrected chi connectivity index (χ1v) is 10.6. The molecule has 178 valence electrons. The van der Waals surface area contributed by atoms with Crippen LogP contribution in [0.3, 0.4) is 0 Å². The summed E-state index contributed by atoms with van der Waals surface area (Å²) in [5.74, 6) is 0. The van der Waals surface area contributed by atoms with E-state index < -0.39 is 0 Å². The summed E-state index contributed by atoms with van der Waals surface area (Å²) in [5.41, 5.74) is 2.70. The second-order valence-electron chi connectivity index (χ2n) is 6.30. The van der Waals surface area contributed by atoms with Gasteiger partial charge < -0.3 is 16.0 Å². The molecule has 0 aliphatic carbocycles. The quantitative estimate of drug-likeness (QED) is 0.228. The van der Waals surface area contributed by atoms with Crippen molar-refractivity contribution >= 4 is 0 Å². The summed E-state index contributed by atoms with van der Waals surface area (Å²) in [5, 5.41) is 10.5. The molecule has 0 N–H and O–H groups in total. The van der Waals surface area contributed by atoms with Gasteiger partial charge in [-0.1, -0.05) is 91.9 Å².